The van der Waals surface area contributed by atoms with Gasteiger partial charge in [-0.3, -0.25) is 4.99 Å². The SMILES string of the molecule is Cc1cc(C=Nc2ccc(C(=O)O)c(Cl)c2)c(C)n1-c1ccc(C(=O)O)c(Cl)c1. The molecule has 29 heavy (non-hydrogen) atoms. The summed E-state index contributed by atoms with van der Waals surface area (Å²) < 4.78 is 1.94. The van der Waals surface area contributed by atoms with Crippen LogP contribution in [0.5, 0.6) is 0 Å². The van der Waals surface area contributed by atoms with Crippen LogP contribution >= 0.6 is 23.2 Å². The molecule has 2 N–H and O–H groups in total. The number of halogens is 2. The van der Waals surface area contributed by atoms with Gasteiger partial charge in [-0.2, -0.15) is 0 Å². The monoisotopic (exact) mass is 430 g/mol. The molecule has 1 heterocycles. The summed E-state index contributed by atoms with van der Waals surface area (Å²) in [6, 6.07) is 11.2. The van der Waals surface area contributed by atoms with Crippen molar-refractivity contribution in [1.82, 2.24) is 4.57 Å². The molecular formula is C21H16Cl2N2O4. The number of aliphatic imine (C=N–C) groups is 1. The Morgan fingerprint density at radius 3 is 2.07 bits per heavy atom. The number of carboxylic acids is 2. The van der Waals surface area contributed by atoms with Crippen molar-refractivity contribution in [2.24, 2.45) is 4.99 Å². The Morgan fingerprint density at radius 2 is 1.52 bits per heavy atom. The smallest absolute Gasteiger partial charge is 0.337 e. The van der Waals surface area contributed by atoms with Gasteiger partial charge in [-0.1, -0.05) is 23.2 Å². The third-order valence-electron chi connectivity index (χ3n) is 4.45. The molecule has 0 saturated heterocycles. The van der Waals surface area contributed by atoms with Gasteiger partial charge in [-0.25, -0.2) is 9.59 Å². The second-order valence-corrected chi connectivity index (χ2v) is 7.17. The molecule has 3 rings (SSSR count). The maximum absolute atomic E-state index is 11.2. The average Bonchev–Trinajstić information content (AvgIpc) is 2.92. The van der Waals surface area contributed by atoms with Crippen LogP contribution in [0.4, 0.5) is 5.69 Å². The number of aryl methyl sites for hydroxylation is 1. The minimum absolute atomic E-state index is 0.0190. The molecule has 0 fully saturated rings. The molecule has 0 unspecified atom stereocenters. The van der Waals surface area contributed by atoms with Crippen LogP contribution < -0.4 is 0 Å². The number of benzene rings is 2. The first-order valence-electron chi connectivity index (χ1n) is 8.48. The molecule has 0 atom stereocenters. The average molecular weight is 431 g/mol. The van der Waals surface area contributed by atoms with E-state index in [0.717, 1.165) is 22.6 Å². The summed E-state index contributed by atoms with van der Waals surface area (Å²) in [6.45, 7) is 3.83. The van der Waals surface area contributed by atoms with E-state index in [9.17, 15) is 9.59 Å². The predicted octanol–water partition coefficient (Wildman–Crippen LogP) is 5.55. The zero-order chi connectivity index (χ0) is 21.3. The molecule has 0 aliphatic heterocycles. The van der Waals surface area contributed by atoms with E-state index >= 15 is 0 Å². The van der Waals surface area contributed by atoms with Gasteiger partial charge in [0.15, 0.2) is 0 Å². The van der Waals surface area contributed by atoms with Gasteiger partial charge >= 0.3 is 11.9 Å². The van der Waals surface area contributed by atoms with Crippen molar-refractivity contribution in [3.63, 3.8) is 0 Å². The molecule has 1 aromatic heterocycles. The van der Waals surface area contributed by atoms with Gasteiger partial charge < -0.3 is 14.8 Å². The summed E-state index contributed by atoms with van der Waals surface area (Å²) in [7, 11) is 0. The minimum Gasteiger partial charge on any atom is -0.478 e. The number of hydrogen-bond donors (Lipinski definition) is 2. The Hall–Kier alpha value is -3.09. The first kappa shape index (κ1) is 20.6. The van der Waals surface area contributed by atoms with Crippen LogP contribution in [0.3, 0.4) is 0 Å². The molecule has 0 saturated carbocycles. The van der Waals surface area contributed by atoms with Crippen molar-refractivity contribution in [3.8, 4) is 5.69 Å². The second kappa shape index (κ2) is 8.11. The quantitative estimate of drug-likeness (QED) is 0.519. The Balaban J connectivity index is 1.95. The van der Waals surface area contributed by atoms with Gasteiger partial charge in [0.25, 0.3) is 0 Å². The van der Waals surface area contributed by atoms with Crippen LogP contribution in [0.15, 0.2) is 47.5 Å². The van der Waals surface area contributed by atoms with E-state index in [1.54, 1.807) is 24.4 Å². The zero-order valence-corrected chi connectivity index (χ0v) is 17.0. The van der Waals surface area contributed by atoms with E-state index in [0.29, 0.717) is 5.69 Å². The summed E-state index contributed by atoms with van der Waals surface area (Å²) >= 11 is 12.1. The highest BCUT2D eigenvalue weighted by Gasteiger charge is 2.14. The van der Waals surface area contributed by atoms with E-state index < -0.39 is 11.9 Å². The summed E-state index contributed by atoms with van der Waals surface area (Å²) in [5.41, 5.74) is 3.98. The molecule has 148 valence electrons. The van der Waals surface area contributed by atoms with Crippen molar-refractivity contribution in [1.29, 1.82) is 0 Å². The lowest BCUT2D eigenvalue weighted by Gasteiger charge is -2.11. The maximum atomic E-state index is 11.2. The van der Waals surface area contributed by atoms with Crippen LogP contribution in [-0.2, 0) is 0 Å². The number of aromatic carboxylic acids is 2. The fourth-order valence-electron chi connectivity index (χ4n) is 3.03. The number of aromatic nitrogens is 1. The van der Waals surface area contributed by atoms with E-state index in [1.807, 2.05) is 24.5 Å². The van der Waals surface area contributed by atoms with Gasteiger partial charge in [0.2, 0.25) is 0 Å². The number of hydrogen-bond acceptors (Lipinski definition) is 3. The number of carbonyl (C=O) groups is 2. The van der Waals surface area contributed by atoms with Crippen molar-refractivity contribution < 1.29 is 19.8 Å². The largest absolute Gasteiger partial charge is 0.478 e. The molecule has 2 aromatic carbocycles. The third-order valence-corrected chi connectivity index (χ3v) is 5.07. The van der Waals surface area contributed by atoms with Crippen LogP contribution in [0.25, 0.3) is 5.69 Å². The minimum atomic E-state index is -1.10. The van der Waals surface area contributed by atoms with Crippen molar-refractivity contribution in [2.75, 3.05) is 0 Å². The van der Waals surface area contributed by atoms with Crippen molar-refractivity contribution >= 4 is 47.0 Å². The normalized spacial score (nSPS) is 11.2. The Kier molecular flexibility index (Phi) is 5.77. The van der Waals surface area contributed by atoms with E-state index in [-0.39, 0.29) is 21.2 Å². The molecular weight excluding hydrogens is 415 g/mol. The Labute approximate surface area is 176 Å². The number of rotatable bonds is 5. The van der Waals surface area contributed by atoms with Gasteiger partial charge in [0, 0.05) is 28.9 Å². The molecule has 0 radical (unpaired) electrons. The molecule has 8 heteroatoms. The summed E-state index contributed by atoms with van der Waals surface area (Å²) in [5, 5.41) is 18.5. The van der Waals surface area contributed by atoms with Gasteiger partial charge in [0.1, 0.15) is 0 Å². The lowest BCUT2D eigenvalue weighted by molar-refractivity contribution is 0.0686. The van der Waals surface area contributed by atoms with Crippen LogP contribution in [-0.4, -0.2) is 32.9 Å². The summed E-state index contributed by atoms with van der Waals surface area (Å²) in [4.78, 5) is 26.6. The number of carboxylic acid groups (broad SMARTS) is 2. The highest BCUT2D eigenvalue weighted by molar-refractivity contribution is 6.34. The fourth-order valence-corrected chi connectivity index (χ4v) is 3.55. The van der Waals surface area contributed by atoms with E-state index in [4.69, 9.17) is 33.4 Å². The molecule has 3 aromatic rings. The van der Waals surface area contributed by atoms with Crippen molar-refractivity contribution in [3.05, 3.63) is 80.6 Å². The molecule has 6 nitrogen and oxygen atoms in total. The van der Waals surface area contributed by atoms with Gasteiger partial charge in [0.05, 0.1) is 26.9 Å². The van der Waals surface area contributed by atoms with Gasteiger partial charge in [-0.05, 0) is 56.3 Å². The lowest BCUT2D eigenvalue weighted by Crippen LogP contribution is -2.02. The van der Waals surface area contributed by atoms with Crippen LogP contribution in [0.2, 0.25) is 10.0 Å². The van der Waals surface area contributed by atoms with E-state index in [2.05, 4.69) is 4.99 Å². The van der Waals surface area contributed by atoms with Crippen molar-refractivity contribution in [2.45, 2.75) is 13.8 Å². The fraction of sp³-hybridized carbons (Fsp3) is 0.0952. The summed E-state index contributed by atoms with van der Waals surface area (Å²) in [5.74, 6) is -2.18. The highest BCUT2D eigenvalue weighted by Crippen LogP contribution is 2.26. The first-order chi connectivity index (χ1) is 13.7. The Bertz CT molecular complexity index is 1170. The molecule has 0 bridgehead atoms. The maximum Gasteiger partial charge on any atom is 0.337 e. The standard InChI is InChI=1S/C21H16Cl2N2O4/c1-11-7-13(10-24-14-3-5-16(20(26)27)18(22)8-14)12(2)25(11)15-4-6-17(21(28)29)19(23)9-15/h3-10H,1-2H3,(H,26,27)(H,28,29). The molecule has 0 aliphatic rings. The van der Waals surface area contributed by atoms with Crippen LogP contribution in [0, 0.1) is 13.8 Å². The molecule has 0 spiro atoms. The van der Waals surface area contributed by atoms with Gasteiger partial charge in [-0.15, -0.1) is 0 Å². The topological polar surface area (TPSA) is 91.9 Å². The first-order valence-corrected chi connectivity index (χ1v) is 9.23. The second-order valence-electron chi connectivity index (χ2n) is 6.36. The predicted molar refractivity (Wildman–Crippen MR) is 113 cm³/mol. The van der Waals surface area contributed by atoms with Crippen LogP contribution in [0.1, 0.15) is 37.7 Å². The zero-order valence-electron chi connectivity index (χ0n) is 15.5. The summed E-state index contributed by atoms with van der Waals surface area (Å²) in [6.07, 6.45) is 1.66. The molecule has 0 aliphatic carbocycles. The molecule has 0 amide bonds. The third kappa shape index (κ3) is 4.18. The van der Waals surface area contributed by atoms with E-state index in [1.165, 1.54) is 18.2 Å². The number of nitrogens with zero attached hydrogens (tertiary/aromatic N) is 2. The highest BCUT2D eigenvalue weighted by atomic mass is 35.5. The lowest BCUT2D eigenvalue weighted by atomic mass is 10.2. The Morgan fingerprint density at radius 1 is 0.931 bits per heavy atom.